The highest BCUT2D eigenvalue weighted by Crippen LogP contribution is 2.24. The Morgan fingerprint density at radius 2 is 1.37 bits per heavy atom. The van der Waals surface area contributed by atoms with E-state index in [0.29, 0.717) is 0 Å². The van der Waals surface area contributed by atoms with Crippen molar-refractivity contribution in [2.75, 3.05) is 7.11 Å². The van der Waals surface area contributed by atoms with E-state index in [1.807, 2.05) is 0 Å². The molecule has 0 spiro atoms. The van der Waals surface area contributed by atoms with Crippen molar-refractivity contribution in [3.63, 3.8) is 0 Å². The van der Waals surface area contributed by atoms with Crippen LogP contribution in [0.15, 0.2) is 0 Å². The first-order chi connectivity index (χ1) is 8.77. The summed E-state index contributed by atoms with van der Waals surface area (Å²) >= 11 is 0. The number of hydrogen-bond donors (Lipinski definition) is 2. The Kier molecular flexibility index (Phi) is 7.02. The summed E-state index contributed by atoms with van der Waals surface area (Å²) in [5, 5.41) is 15.9. The first-order valence-electron chi connectivity index (χ1n) is 4.90. The van der Waals surface area contributed by atoms with Gasteiger partial charge >= 0.3 is 0 Å². The van der Waals surface area contributed by atoms with Crippen LogP contribution < -0.4 is 0 Å². The predicted octanol–water partition coefficient (Wildman–Crippen LogP) is 1.97. The Bertz CT molecular complexity index is 429. The molecule has 0 fully saturated rings. The van der Waals surface area contributed by atoms with Crippen molar-refractivity contribution < 1.29 is 37.3 Å². The molecule has 0 saturated carbocycles. The van der Waals surface area contributed by atoms with E-state index in [-0.39, 0.29) is 0 Å². The molecule has 0 saturated heterocycles. The van der Waals surface area contributed by atoms with Crippen molar-refractivity contribution >= 4 is 5.97 Å². The van der Waals surface area contributed by atoms with Crippen LogP contribution in [0.2, 0.25) is 0 Å². The fourth-order valence-corrected chi connectivity index (χ4v) is 1.13. The summed E-state index contributed by atoms with van der Waals surface area (Å²) < 4.78 is 56.7. The van der Waals surface area contributed by atoms with Crippen LogP contribution in [0.1, 0.15) is 18.1 Å². The van der Waals surface area contributed by atoms with Gasteiger partial charge in [-0.05, 0) is 0 Å². The van der Waals surface area contributed by atoms with Crippen molar-refractivity contribution in [3.8, 4) is 0 Å². The normalized spacial score (nSPS) is 9.84. The maximum absolute atomic E-state index is 13.1. The smallest absolute Gasteiger partial charge is 0.300 e. The molecule has 0 aliphatic rings. The van der Waals surface area contributed by atoms with Crippen LogP contribution in [0.3, 0.4) is 0 Å². The lowest BCUT2D eigenvalue weighted by Gasteiger charge is -2.09. The lowest BCUT2D eigenvalue weighted by molar-refractivity contribution is -0.134. The number of aliphatic carboxylic acids is 1. The molecule has 1 rings (SSSR count). The van der Waals surface area contributed by atoms with Crippen molar-refractivity contribution in [1.82, 2.24) is 0 Å². The van der Waals surface area contributed by atoms with Gasteiger partial charge < -0.3 is 14.9 Å². The Morgan fingerprint density at radius 3 is 1.63 bits per heavy atom. The predicted molar refractivity (Wildman–Crippen MR) is 56.2 cm³/mol. The third-order valence-corrected chi connectivity index (χ3v) is 1.89. The van der Waals surface area contributed by atoms with Gasteiger partial charge in [-0.15, -0.1) is 0 Å². The summed E-state index contributed by atoms with van der Waals surface area (Å²) in [5.74, 6) is -7.11. The maximum Gasteiger partial charge on any atom is 0.300 e. The molecule has 0 aliphatic heterocycles. The van der Waals surface area contributed by atoms with Gasteiger partial charge in [-0.3, -0.25) is 4.79 Å². The molecule has 0 aromatic heterocycles. The average Bonchev–Trinajstić information content (AvgIpc) is 2.32. The van der Waals surface area contributed by atoms with Gasteiger partial charge in [-0.2, -0.15) is 0 Å². The lowest BCUT2D eigenvalue weighted by Crippen LogP contribution is -2.09. The summed E-state index contributed by atoms with van der Waals surface area (Å²) in [6, 6.07) is 0. The summed E-state index contributed by atoms with van der Waals surface area (Å²) in [5.41, 5.74) is -1.85. The van der Waals surface area contributed by atoms with E-state index in [9.17, 15) is 17.6 Å². The number of benzene rings is 1. The number of carboxylic acid groups (broad SMARTS) is 1. The number of aliphatic hydroxyl groups is 1. The van der Waals surface area contributed by atoms with Gasteiger partial charge in [0, 0.05) is 14.0 Å². The fourth-order valence-electron chi connectivity index (χ4n) is 1.13. The number of carbonyl (C=O) groups is 1. The van der Waals surface area contributed by atoms with Crippen LogP contribution in [0.4, 0.5) is 17.6 Å². The largest absolute Gasteiger partial charge is 0.481 e. The summed E-state index contributed by atoms with van der Waals surface area (Å²) in [6.45, 7) is -0.615. The number of rotatable bonds is 3. The van der Waals surface area contributed by atoms with Gasteiger partial charge in [-0.25, -0.2) is 17.6 Å². The Morgan fingerprint density at radius 1 is 1.05 bits per heavy atom. The van der Waals surface area contributed by atoms with E-state index in [4.69, 9.17) is 15.0 Å². The zero-order valence-corrected chi connectivity index (χ0v) is 10.1. The highest BCUT2D eigenvalue weighted by atomic mass is 19.2. The summed E-state index contributed by atoms with van der Waals surface area (Å²) in [4.78, 5) is 9.00. The maximum atomic E-state index is 13.1. The molecule has 1 aromatic rings. The quantitative estimate of drug-likeness (QED) is 0.658. The SMILES string of the molecule is CC(=O)O.COCc1c(F)c(F)c(CO)c(F)c1F. The fraction of sp³-hybridized carbons (Fsp3) is 0.364. The highest BCUT2D eigenvalue weighted by molar-refractivity contribution is 5.62. The number of halogens is 4. The van der Waals surface area contributed by atoms with Gasteiger partial charge in [0.15, 0.2) is 23.3 Å². The van der Waals surface area contributed by atoms with E-state index in [1.165, 1.54) is 0 Å². The second kappa shape index (κ2) is 7.70. The second-order valence-electron chi connectivity index (χ2n) is 3.32. The molecule has 1 aromatic carbocycles. The third-order valence-electron chi connectivity index (χ3n) is 1.89. The lowest BCUT2D eigenvalue weighted by atomic mass is 10.1. The minimum Gasteiger partial charge on any atom is -0.481 e. The number of ether oxygens (including phenoxy) is 1. The molecular weight excluding hydrogens is 272 g/mol. The van der Waals surface area contributed by atoms with Crippen molar-refractivity contribution in [2.24, 2.45) is 0 Å². The molecule has 0 radical (unpaired) electrons. The molecule has 0 aliphatic carbocycles. The Labute approximate surface area is 106 Å². The zero-order valence-electron chi connectivity index (χ0n) is 10.1. The van der Waals surface area contributed by atoms with E-state index < -0.39 is 53.6 Å². The van der Waals surface area contributed by atoms with E-state index in [0.717, 1.165) is 14.0 Å². The van der Waals surface area contributed by atoms with E-state index in [2.05, 4.69) is 4.74 Å². The molecule has 8 heteroatoms. The number of carboxylic acids is 1. The molecule has 0 unspecified atom stereocenters. The molecule has 0 amide bonds. The van der Waals surface area contributed by atoms with Crippen molar-refractivity contribution in [2.45, 2.75) is 20.1 Å². The zero-order chi connectivity index (χ0) is 15.2. The van der Waals surface area contributed by atoms with Crippen molar-refractivity contribution in [3.05, 3.63) is 34.4 Å². The average molecular weight is 284 g/mol. The van der Waals surface area contributed by atoms with Gasteiger partial charge in [-0.1, -0.05) is 0 Å². The Balaban J connectivity index is 0.000000711. The number of aliphatic hydroxyl groups excluding tert-OH is 1. The summed E-state index contributed by atoms with van der Waals surface area (Å²) in [6.07, 6.45) is 0. The standard InChI is InChI=1S/C9H8F4O2.C2H4O2/c1-15-3-5-8(12)6(10)4(2-14)7(11)9(5)13;1-2(3)4/h14H,2-3H2,1H3;1H3,(H,3,4). The molecule has 0 atom stereocenters. The minimum atomic E-state index is -1.59. The van der Waals surface area contributed by atoms with Crippen LogP contribution in [0.25, 0.3) is 0 Å². The van der Waals surface area contributed by atoms with Crippen LogP contribution in [0, 0.1) is 23.3 Å². The van der Waals surface area contributed by atoms with E-state index >= 15 is 0 Å². The topological polar surface area (TPSA) is 66.8 Å². The van der Waals surface area contributed by atoms with Crippen LogP contribution >= 0.6 is 0 Å². The van der Waals surface area contributed by atoms with Crippen LogP contribution in [0.5, 0.6) is 0 Å². The first-order valence-corrected chi connectivity index (χ1v) is 4.90. The third kappa shape index (κ3) is 4.49. The van der Waals surface area contributed by atoms with Gasteiger partial charge in [0.25, 0.3) is 5.97 Å². The van der Waals surface area contributed by atoms with E-state index in [1.54, 1.807) is 0 Å². The van der Waals surface area contributed by atoms with Crippen LogP contribution in [-0.2, 0) is 22.7 Å². The molecule has 4 nitrogen and oxygen atoms in total. The number of methoxy groups -OCH3 is 1. The monoisotopic (exact) mass is 284 g/mol. The summed E-state index contributed by atoms with van der Waals surface area (Å²) in [7, 11) is 1.13. The molecule has 0 heterocycles. The second-order valence-corrected chi connectivity index (χ2v) is 3.32. The molecular formula is C11H12F4O4. The minimum absolute atomic E-state index is 0.586. The molecule has 2 N–H and O–H groups in total. The molecule has 19 heavy (non-hydrogen) atoms. The first kappa shape index (κ1) is 17.3. The van der Waals surface area contributed by atoms with Crippen LogP contribution in [-0.4, -0.2) is 23.3 Å². The van der Waals surface area contributed by atoms with Gasteiger partial charge in [0.05, 0.1) is 24.3 Å². The van der Waals surface area contributed by atoms with Gasteiger partial charge in [0.2, 0.25) is 0 Å². The Hall–Kier alpha value is -1.67. The van der Waals surface area contributed by atoms with Crippen molar-refractivity contribution in [1.29, 1.82) is 0 Å². The molecule has 0 bridgehead atoms. The molecule has 108 valence electrons. The van der Waals surface area contributed by atoms with Gasteiger partial charge in [0.1, 0.15) is 0 Å². The number of hydrogen-bond acceptors (Lipinski definition) is 3. The highest BCUT2D eigenvalue weighted by Gasteiger charge is 2.24.